The third-order valence-electron chi connectivity index (χ3n) is 2.52. The number of halogens is 2. The minimum atomic E-state index is -0.859. The Balaban J connectivity index is 2.62. The van der Waals surface area contributed by atoms with Crippen LogP contribution >= 0.6 is 0 Å². The van der Waals surface area contributed by atoms with Crippen molar-refractivity contribution in [3.05, 3.63) is 35.4 Å². The van der Waals surface area contributed by atoms with Gasteiger partial charge in [-0.3, -0.25) is 0 Å². The first-order valence-electron chi connectivity index (χ1n) is 5.19. The molecule has 0 heterocycles. The highest BCUT2D eigenvalue weighted by Crippen LogP contribution is 2.21. The maximum atomic E-state index is 12.9. The highest BCUT2D eigenvalue weighted by molar-refractivity contribution is 5.20. The molecule has 0 spiro atoms. The minimum Gasteiger partial charge on any atom is -0.388 e. The first-order chi connectivity index (χ1) is 7.52. The Hall–Kier alpha value is -1.00. The number of hydrogen-bond acceptors (Lipinski definition) is 2. The lowest BCUT2D eigenvalue weighted by molar-refractivity contribution is 0.0849. The van der Waals surface area contributed by atoms with Crippen LogP contribution in [0, 0.1) is 11.6 Å². The lowest BCUT2D eigenvalue weighted by Crippen LogP contribution is -2.08. The zero-order chi connectivity index (χ0) is 12.1. The Bertz CT molecular complexity index is 322. The van der Waals surface area contributed by atoms with Crippen molar-refractivity contribution in [2.24, 2.45) is 0 Å². The van der Waals surface area contributed by atoms with Crippen LogP contribution in [0.3, 0.4) is 0 Å². The molecular weight excluding hydrogens is 214 g/mol. The molecule has 2 atom stereocenters. The number of rotatable bonds is 5. The van der Waals surface area contributed by atoms with Gasteiger partial charge in [-0.1, -0.05) is 0 Å². The Morgan fingerprint density at radius 1 is 1.19 bits per heavy atom. The number of benzene rings is 1. The largest absolute Gasteiger partial charge is 0.388 e. The molecule has 0 aliphatic rings. The molecule has 90 valence electrons. The predicted molar refractivity (Wildman–Crippen MR) is 57.0 cm³/mol. The van der Waals surface area contributed by atoms with Gasteiger partial charge in [0.15, 0.2) is 0 Å². The van der Waals surface area contributed by atoms with Crippen LogP contribution in [-0.2, 0) is 4.74 Å². The Morgan fingerprint density at radius 2 is 1.75 bits per heavy atom. The second-order valence-corrected chi connectivity index (χ2v) is 3.84. The number of hydrogen-bond donors (Lipinski definition) is 1. The predicted octanol–water partition coefficient (Wildman–Crippen LogP) is 2.81. The van der Waals surface area contributed by atoms with E-state index in [0.717, 1.165) is 18.2 Å². The molecule has 0 radical (unpaired) electrons. The molecule has 0 saturated carbocycles. The van der Waals surface area contributed by atoms with Crippen LogP contribution in [0.2, 0.25) is 0 Å². The zero-order valence-electron chi connectivity index (χ0n) is 9.41. The van der Waals surface area contributed by atoms with Gasteiger partial charge < -0.3 is 9.84 Å². The standard InChI is InChI=1S/C12H16F2O2/c1-8(16-2)3-4-12(15)9-5-10(13)7-11(14)6-9/h5-8,12,15H,3-4H2,1-2H3. The molecule has 1 aromatic carbocycles. The van der Waals surface area contributed by atoms with Crippen LogP contribution in [0.25, 0.3) is 0 Å². The molecule has 1 aromatic rings. The van der Waals surface area contributed by atoms with E-state index in [1.165, 1.54) is 0 Å². The van der Waals surface area contributed by atoms with Crippen LogP contribution < -0.4 is 0 Å². The molecule has 0 aliphatic carbocycles. The summed E-state index contributed by atoms with van der Waals surface area (Å²) in [4.78, 5) is 0. The van der Waals surface area contributed by atoms with E-state index in [4.69, 9.17) is 4.74 Å². The first-order valence-corrected chi connectivity index (χ1v) is 5.19. The summed E-state index contributed by atoms with van der Waals surface area (Å²) in [5.41, 5.74) is 0.265. The van der Waals surface area contributed by atoms with E-state index >= 15 is 0 Å². The lowest BCUT2D eigenvalue weighted by Gasteiger charge is -2.14. The van der Waals surface area contributed by atoms with Gasteiger partial charge in [0, 0.05) is 13.2 Å². The summed E-state index contributed by atoms with van der Waals surface area (Å²) in [5.74, 6) is -1.34. The van der Waals surface area contributed by atoms with E-state index in [2.05, 4.69) is 0 Å². The molecule has 2 unspecified atom stereocenters. The monoisotopic (exact) mass is 230 g/mol. The molecular formula is C12H16F2O2. The molecule has 1 rings (SSSR count). The number of aliphatic hydroxyl groups excluding tert-OH is 1. The van der Waals surface area contributed by atoms with Crippen LogP contribution in [0.15, 0.2) is 18.2 Å². The van der Waals surface area contributed by atoms with E-state index < -0.39 is 17.7 Å². The van der Waals surface area contributed by atoms with Crippen molar-refractivity contribution < 1.29 is 18.6 Å². The molecule has 0 aromatic heterocycles. The van der Waals surface area contributed by atoms with Crippen molar-refractivity contribution in [1.29, 1.82) is 0 Å². The minimum absolute atomic E-state index is 0.0213. The molecule has 2 nitrogen and oxygen atoms in total. The molecule has 0 fully saturated rings. The van der Waals surface area contributed by atoms with Gasteiger partial charge in [-0.05, 0) is 37.5 Å². The molecule has 16 heavy (non-hydrogen) atoms. The summed E-state index contributed by atoms with van der Waals surface area (Å²) in [6, 6.07) is 3.07. The SMILES string of the molecule is COC(C)CCC(O)c1cc(F)cc(F)c1. The van der Waals surface area contributed by atoms with Crippen molar-refractivity contribution in [3.63, 3.8) is 0 Å². The number of ether oxygens (including phenoxy) is 1. The van der Waals surface area contributed by atoms with Gasteiger partial charge >= 0.3 is 0 Å². The molecule has 4 heteroatoms. The van der Waals surface area contributed by atoms with E-state index in [-0.39, 0.29) is 11.7 Å². The van der Waals surface area contributed by atoms with Crippen molar-refractivity contribution >= 4 is 0 Å². The Kier molecular flexibility index (Phi) is 4.83. The first kappa shape index (κ1) is 13.1. The number of methoxy groups -OCH3 is 1. The van der Waals surface area contributed by atoms with Gasteiger partial charge in [0.1, 0.15) is 11.6 Å². The molecule has 0 amide bonds. The van der Waals surface area contributed by atoms with E-state index in [1.54, 1.807) is 7.11 Å². The van der Waals surface area contributed by atoms with Crippen molar-refractivity contribution in [2.75, 3.05) is 7.11 Å². The smallest absolute Gasteiger partial charge is 0.126 e. The van der Waals surface area contributed by atoms with Gasteiger partial charge in [-0.2, -0.15) is 0 Å². The summed E-state index contributed by atoms with van der Waals surface area (Å²) in [7, 11) is 1.58. The van der Waals surface area contributed by atoms with Gasteiger partial charge in [0.25, 0.3) is 0 Å². The van der Waals surface area contributed by atoms with E-state index in [9.17, 15) is 13.9 Å². The second kappa shape index (κ2) is 5.92. The summed E-state index contributed by atoms with van der Waals surface area (Å²) >= 11 is 0. The molecule has 0 bridgehead atoms. The van der Waals surface area contributed by atoms with Crippen molar-refractivity contribution in [3.8, 4) is 0 Å². The fraction of sp³-hybridized carbons (Fsp3) is 0.500. The normalized spacial score (nSPS) is 14.8. The summed E-state index contributed by atoms with van der Waals surface area (Å²) < 4.78 is 30.8. The van der Waals surface area contributed by atoms with Crippen LogP contribution in [0.4, 0.5) is 8.78 Å². The highest BCUT2D eigenvalue weighted by atomic mass is 19.1. The van der Waals surface area contributed by atoms with Crippen molar-refractivity contribution in [1.82, 2.24) is 0 Å². The maximum absolute atomic E-state index is 12.9. The van der Waals surface area contributed by atoms with Crippen molar-refractivity contribution in [2.45, 2.75) is 32.0 Å². The molecule has 0 saturated heterocycles. The quantitative estimate of drug-likeness (QED) is 0.842. The van der Waals surface area contributed by atoms with Gasteiger partial charge in [0.05, 0.1) is 12.2 Å². The number of aliphatic hydroxyl groups is 1. The highest BCUT2D eigenvalue weighted by Gasteiger charge is 2.12. The fourth-order valence-electron chi connectivity index (χ4n) is 1.44. The van der Waals surface area contributed by atoms with Gasteiger partial charge in [-0.25, -0.2) is 8.78 Å². The topological polar surface area (TPSA) is 29.5 Å². The van der Waals surface area contributed by atoms with Gasteiger partial charge in [0.2, 0.25) is 0 Å². The molecule has 1 N–H and O–H groups in total. The zero-order valence-corrected chi connectivity index (χ0v) is 9.41. The Morgan fingerprint density at radius 3 is 2.25 bits per heavy atom. The summed E-state index contributed by atoms with van der Waals surface area (Å²) in [6.07, 6.45) is 0.212. The van der Waals surface area contributed by atoms with Crippen LogP contribution in [-0.4, -0.2) is 18.3 Å². The van der Waals surface area contributed by atoms with E-state index in [1.807, 2.05) is 6.92 Å². The second-order valence-electron chi connectivity index (χ2n) is 3.84. The average molecular weight is 230 g/mol. The Labute approximate surface area is 93.9 Å². The molecule has 0 aliphatic heterocycles. The van der Waals surface area contributed by atoms with Crippen LogP contribution in [0.1, 0.15) is 31.4 Å². The lowest BCUT2D eigenvalue weighted by atomic mass is 10.0. The third-order valence-corrected chi connectivity index (χ3v) is 2.52. The van der Waals surface area contributed by atoms with E-state index in [0.29, 0.717) is 12.8 Å². The summed E-state index contributed by atoms with van der Waals surface area (Å²) in [6.45, 7) is 1.87. The summed E-state index contributed by atoms with van der Waals surface area (Å²) in [5, 5.41) is 9.72. The average Bonchev–Trinajstić information content (AvgIpc) is 2.23. The van der Waals surface area contributed by atoms with Crippen LogP contribution in [0.5, 0.6) is 0 Å². The maximum Gasteiger partial charge on any atom is 0.126 e. The fourth-order valence-corrected chi connectivity index (χ4v) is 1.44. The third kappa shape index (κ3) is 3.87. The van der Waals surface area contributed by atoms with Gasteiger partial charge in [-0.15, -0.1) is 0 Å².